The van der Waals surface area contributed by atoms with Crippen molar-refractivity contribution in [3.05, 3.63) is 20.8 Å². The van der Waals surface area contributed by atoms with E-state index in [1.54, 1.807) is 18.4 Å². The average Bonchev–Trinajstić information content (AvgIpc) is 2.73. The van der Waals surface area contributed by atoms with E-state index in [-0.39, 0.29) is 12.5 Å². The highest BCUT2D eigenvalue weighted by Gasteiger charge is 2.15. The van der Waals surface area contributed by atoms with Crippen LogP contribution in [0.15, 0.2) is 15.9 Å². The molecular weight excluding hydrogens is 310 g/mol. The largest absolute Gasteiger partial charge is 0.395 e. The Bertz CT molecular complexity index is 488. The molecule has 0 spiro atoms. The van der Waals surface area contributed by atoms with Crippen LogP contribution in [-0.4, -0.2) is 36.1 Å². The van der Waals surface area contributed by atoms with Crippen molar-refractivity contribution >= 4 is 53.9 Å². The molecule has 0 aromatic carbocycles. The molecular formula is C10H10BrNO2S2. The molecule has 1 N–H and O–H groups in total. The normalized spacial score (nSPS) is 10.9. The number of amides is 1. The van der Waals surface area contributed by atoms with Crippen LogP contribution in [0.5, 0.6) is 0 Å². The first-order chi connectivity index (χ1) is 7.61. The molecule has 2 heterocycles. The Hall–Kier alpha value is -0.430. The fraction of sp³-hybridized carbons (Fsp3) is 0.300. The summed E-state index contributed by atoms with van der Waals surface area (Å²) < 4.78 is 3.33. The van der Waals surface area contributed by atoms with Crippen molar-refractivity contribution in [2.24, 2.45) is 0 Å². The highest BCUT2D eigenvalue weighted by Crippen LogP contribution is 2.36. The topological polar surface area (TPSA) is 40.5 Å². The van der Waals surface area contributed by atoms with Crippen molar-refractivity contribution in [3.8, 4) is 0 Å². The molecule has 0 aliphatic rings. The van der Waals surface area contributed by atoms with Crippen LogP contribution >= 0.6 is 38.6 Å². The van der Waals surface area contributed by atoms with Crippen LogP contribution in [0.1, 0.15) is 9.67 Å². The third-order valence-electron chi connectivity index (χ3n) is 2.17. The lowest BCUT2D eigenvalue weighted by atomic mass is 10.4. The molecule has 0 aliphatic carbocycles. The van der Waals surface area contributed by atoms with E-state index in [4.69, 9.17) is 5.11 Å². The summed E-state index contributed by atoms with van der Waals surface area (Å²) >= 11 is 6.53. The maximum Gasteiger partial charge on any atom is 0.263 e. The molecule has 6 heteroatoms. The molecule has 0 unspecified atom stereocenters. The van der Waals surface area contributed by atoms with Gasteiger partial charge in [0.05, 0.1) is 15.3 Å². The zero-order valence-corrected chi connectivity index (χ0v) is 11.8. The Balaban J connectivity index is 2.26. The number of fused-ring (bicyclic) bond motifs is 1. The van der Waals surface area contributed by atoms with E-state index in [0.717, 1.165) is 18.1 Å². The van der Waals surface area contributed by atoms with Crippen molar-refractivity contribution in [2.75, 3.05) is 20.2 Å². The minimum absolute atomic E-state index is 0.00642. The molecule has 0 radical (unpaired) electrons. The molecule has 0 atom stereocenters. The standard InChI is InChI=1S/C10H10BrNO2S2/c1-12(2-3-13)10(14)8-4-6-7(15-8)5-9(11)16-6/h4-5,13H,2-3H2,1H3. The van der Waals surface area contributed by atoms with Crippen LogP contribution in [0.3, 0.4) is 0 Å². The van der Waals surface area contributed by atoms with Gasteiger partial charge in [0.2, 0.25) is 0 Å². The second-order valence-electron chi connectivity index (χ2n) is 3.34. The van der Waals surface area contributed by atoms with E-state index in [0.29, 0.717) is 6.54 Å². The Labute approximate surface area is 109 Å². The van der Waals surface area contributed by atoms with E-state index >= 15 is 0 Å². The summed E-state index contributed by atoms with van der Waals surface area (Å²) in [6.07, 6.45) is 0. The van der Waals surface area contributed by atoms with E-state index in [1.165, 1.54) is 16.2 Å². The summed E-state index contributed by atoms with van der Waals surface area (Å²) in [5.74, 6) is -0.0291. The van der Waals surface area contributed by atoms with Crippen LogP contribution in [0.4, 0.5) is 0 Å². The Morgan fingerprint density at radius 2 is 2.12 bits per heavy atom. The van der Waals surface area contributed by atoms with Gasteiger partial charge in [-0.2, -0.15) is 0 Å². The van der Waals surface area contributed by atoms with E-state index in [2.05, 4.69) is 15.9 Å². The number of aliphatic hydroxyl groups is 1. The summed E-state index contributed by atoms with van der Waals surface area (Å²) in [6.45, 7) is 0.363. The van der Waals surface area contributed by atoms with Crippen LogP contribution in [-0.2, 0) is 0 Å². The average molecular weight is 320 g/mol. The van der Waals surface area contributed by atoms with Gasteiger partial charge in [-0.05, 0) is 28.1 Å². The monoisotopic (exact) mass is 319 g/mol. The van der Waals surface area contributed by atoms with Crippen molar-refractivity contribution in [3.63, 3.8) is 0 Å². The predicted octanol–water partition coefficient (Wildman–Crippen LogP) is 2.79. The Morgan fingerprint density at radius 3 is 2.75 bits per heavy atom. The van der Waals surface area contributed by atoms with E-state index in [9.17, 15) is 4.79 Å². The fourth-order valence-electron chi connectivity index (χ4n) is 1.35. The summed E-state index contributed by atoms with van der Waals surface area (Å²) in [5.41, 5.74) is 0. The number of carbonyl (C=O) groups is 1. The van der Waals surface area contributed by atoms with Crippen LogP contribution in [0, 0.1) is 0 Å². The van der Waals surface area contributed by atoms with Gasteiger partial charge in [-0.3, -0.25) is 4.79 Å². The van der Waals surface area contributed by atoms with E-state index < -0.39 is 0 Å². The number of hydrogen-bond donors (Lipinski definition) is 1. The van der Waals surface area contributed by atoms with Gasteiger partial charge in [-0.25, -0.2) is 0 Å². The highest BCUT2D eigenvalue weighted by molar-refractivity contribution is 9.11. The maximum absolute atomic E-state index is 11.9. The number of aliphatic hydroxyl groups excluding tert-OH is 1. The number of hydrogen-bond acceptors (Lipinski definition) is 4. The zero-order chi connectivity index (χ0) is 11.7. The SMILES string of the molecule is CN(CCO)C(=O)c1cc2sc(Br)cc2s1. The van der Waals surface area contributed by atoms with Gasteiger partial charge in [0.25, 0.3) is 5.91 Å². The highest BCUT2D eigenvalue weighted by atomic mass is 79.9. The van der Waals surface area contributed by atoms with Gasteiger partial charge in [-0.1, -0.05) is 0 Å². The number of rotatable bonds is 3. The molecule has 16 heavy (non-hydrogen) atoms. The quantitative estimate of drug-likeness (QED) is 0.945. The minimum Gasteiger partial charge on any atom is -0.395 e. The first kappa shape index (κ1) is 12.0. The number of likely N-dealkylation sites (N-methyl/N-ethyl adjacent to an activating group) is 1. The predicted molar refractivity (Wildman–Crippen MR) is 71.4 cm³/mol. The molecule has 0 saturated carbocycles. The number of nitrogens with zero attached hydrogens (tertiary/aromatic N) is 1. The maximum atomic E-state index is 11.9. The van der Waals surface area contributed by atoms with Crippen molar-refractivity contribution in [1.29, 1.82) is 0 Å². The summed E-state index contributed by atoms with van der Waals surface area (Å²) in [7, 11) is 1.70. The van der Waals surface area contributed by atoms with Gasteiger partial charge >= 0.3 is 0 Å². The molecule has 1 amide bonds. The lowest BCUT2D eigenvalue weighted by Gasteiger charge is -2.13. The van der Waals surface area contributed by atoms with Gasteiger partial charge in [0, 0.05) is 23.0 Å². The first-order valence-electron chi connectivity index (χ1n) is 4.67. The molecule has 0 bridgehead atoms. The smallest absolute Gasteiger partial charge is 0.263 e. The second-order valence-corrected chi connectivity index (χ2v) is 6.89. The lowest BCUT2D eigenvalue weighted by Crippen LogP contribution is -2.28. The third-order valence-corrected chi connectivity index (χ3v) is 4.95. The summed E-state index contributed by atoms with van der Waals surface area (Å²) in [5, 5.41) is 8.77. The number of halogens is 1. The van der Waals surface area contributed by atoms with Gasteiger partial charge in [0.1, 0.15) is 0 Å². The molecule has 2 aromatic heterocycles. The molecule has 0 fully saturated rings. The van der Waals surface area contributed by atoms with Crippen LogP contribution in [0.2, 0.25) is 0 Å². The summed E-state index contributed by atoms with van der Waals surface area (Å²) in [6, 6.07) is 3.93. The molecule has 0 saturated heterocycles. The van der Waals surface area contributed by atoms with Gasteiger partial charge < -0.3 is 10.0 Å². The van der Waals surface area contributed by atoms with Crippen molar-refractivity contribution in [2.45, 2.75) is 0 Å². The second kappa shape index (κ2) is 4.83. The fourth-order valence-corrected chi connectivity index (χ4v) is 4.37. The zero-order valence-electron chi connectivity index (χ0n) is 8.57. The van der Waals surface area contributed by atoms with Crippen molar-refractivity contribution < 1.29 is 9.90 Å². The van der Waals surface area contributed by atoms with Crippen LogP contribution < -0.4 is 0 Å². The molecule has 2 rings (SSSR count). The van der Waals surface area contributed by atoms with Gasteiger partial charge in [0.15, 0.2) is 0 Å². The Kier molecular flexibility index (Phi) is 3.63. The molecule has 2 aromatic rings. The number of carbonyl (C=O) groups excluding carboxylic acids is 1. The lowest BCUT2D eigenvalue weighted by molar-refractivity contribution is 0.0772. The van der Waals surface area contributed by atoms with Crippen molar-refractivity contribution in [1.82, 2.24) is 4.90 Å². The molecule has 0 aliphatic heterocycles. The van der Waals surface area contributed by atoms with Crippen LogP contribution in [0.25, 0.3) is 9.40 Å². The molecule has 86 valence electrons. The van der Waals surface area contributed by atoms with E-state index in [1.807, 2.05) is 12.1 Å². The van der Waals surface area contributed by atoms with Gasteiger partial charge in [-0.15, -0.1) is 22.7 Å². The third kappa shape index (κ3) is 2.29. The molecule has 3 nitrogen and oxygen atoms in total. The summed E-state index contributed by atoms with van der Waals surface area (Å²) in [4.78, 5) is 14.2. The number of thiophene rings is 2. The Morgan fingerprint density at radius 1 is 1.44 bits per heavy atom. The minimum atomic E-state index is -0.0291. The first-order valence-corrected chi connectivity index (χ1v) is 7.09.